The first-order valence-electron chi connectivity index (χ1n) is 8.65. The van der Waals surface area contributed by atoms with E-state index in [9.17, 15) is 9.90 Å². The van der Waals surface area contributed by atoms with E-state index in [4.69, 9.17) is 4.74 Å². The number of hydrogen-bond donors (Lipinski definition) is 2. The van der Waals surface area contributed by atoms with Crippen molar-refractivity contribution < 1.29 is 14.6 Å². The van der Waals surface area contributed by atoms with E-state index in [0.29, 0.717) is 13.2 Å². The maximum Gasteiger partial charge on any atom is 0.226 e. The van der Waals surface area contributed by atoms with E-state index in [1.165, 1.54) is 0 Å². The third-order valence-corrected chi connectivity index (χ3v) is 6.09. The number of carbonyl (C=O) groups is 1. The molecule has 124 valence electrons. The average molecular weight is 316 g/mol. The second kappa shape index (κ2) is 5.56. The van der Waals surface area contributed by atoms with E-state index in [1.807, 2.05) is 12.1 Å². The number of pyridine rings is 1. The second-order valence-corrected chi connectivity index (χ2v) is 7.35. The van der Waals surface area contributed by atoms with Crippen molar-refractivity contribution >= 4 is 5.91 Å². The summed E-state index contributed by atoms with van der Waals surface area (Å²) in [6.45, 7) is 1.21. The Morgan fingerprint density at radius 3 is 2.65 bits per heavy atom. The number of aliphatic hydroxyl groups is 1. The van der Waals surface area contributed by atoms with Crippen LogP contribution >= 0.6 is 0 Å². The number of nitrogens with one attached hydrogen (secondary N) is 1. The van der Waals surface area contributed by atoms with Crippen molar-refractivity contribution in [3.05, 3.63) is 30.1 Å². The first-order chi connectivity index (χ1) is 11.1. The van der Waals surface area contributed by atoms with Crippen molar-refractivity contribution in [1.82, 2.24) is 10.3 Å². The van der Waals surface area contributed by atoms with Crippen molar-refractivity contribution in [2.45, 2.75) is 50.2 Å². The summed E-state index contributed by atoms with van der Waals surface area (Å²) in [5.41, 5.74) is 0.417. The summed E-state index contributed by atoms with van der Waals surface area (Å²) in [6.07, 6.45) is 8.96. The highest BCUT2D eigenvalue weighted by molar-refractivity contribution is 5.79. The molecule has 0 aromatic carbocycles. The van der Waals surface area contributed by atoms with Crippen molar-refractivity contribution in [2.75, 3.05) is 13.2 Å². The lowest BCUT2D eigenvalue weighted by molar-refractivity contribution is -0.129. The first kappa shape index (κ1) is 15.1. The van der Waals surface area contributed by atoms with Gasteiger partial charge in [0, 0.05) is 31.0 Å². The van der Waals surface area contributed by atoms with Crippen LogP contribution in [0.1, 0.15) is 50.2 Å². The van der Waals surface area contributed by atoms with E-state index >= 15 is 0 Å². The molecule has 3 fully saturated rings. The largest absolute Gasteiger partial charge is 0.389 e. The highest BCUT2D eigenvalue weighted by Crippen LogP contribution is 2.60. The number of ether oxygens (including phenoxy) is 1. The lowest BCUT2D eigenvalue weighted by Gasteiger charge is -2.44. The van der Waals surface area contributed by atoms with E-state index in [2.05, 4.69) is 10.3 Å². The Balaban J connectivity index is 1.39. The average Bonchev–Trinajstić information content (AvgIpc) is 3.19. The minimum atomic E-state index is -0.531. The topological polar surface area (TPSA) is 71.5 Å². The first-order valence-corrected chi connectivity index (χ1v) is 8.65. The number of amides is 1. The van der Waals surface area contributed by atoms with E-state index in [-0.39, 0.29) is 23.3 Å². The highest BCUT2D eigenvalue weighted by atomic mass is 16.5. The molecular formula is C18H24N2O3. The van der Waals surface area contributed by atoms with Crippen LogP contribution in [0.2, 0.25) is 0 Å². The fraction of sp³-hybridized carbons (Fsp3) is 0.667. The van der Waals surface area contributed by atoms with Crippen molar-refractivity contribution in [3.63, 3.8) is 0 Å². The van der Waals surface area contributed by atoms with Crippen LogP contribution in [0.5, 0.6) is 0 Å². The van der Waals surface area contributed by atoms with Gasteiger partial charge in [0.25, 0.3) is 0 Å². The molecule has 4 rings (SSSR count). The third-order valence-electron chi connectivity index (χ3n) is 6.09. The minimum Gasteiger partial charge on any atom is -0.389 e. The standard InChI is InChI=1S/C18H24N2O3/c21-16(20-12-17(7-8-17)18(22)5-1-6-18)14-4-11-23-15(14)13-2-9-19-10-3-13/h2-3,9-10,14-15,22H,1,4-8,11-12H2,(H,20,21)/t14-,15+/m1/s1. The summed E-state index contributed by atoms with van der Waals surface area (Å²) in [6, 6.07) is 3.82. The maximum atomic E-state index is 12.6. The fourth-order valence-corrected chi connectivity index (χ4v) is 4.13. The van der Waals surface area contributed by atoms with E-state index in [0.717, 1.165) is 44.1 Å². The summed E-state index contributed by atoms with van der Waals surface area (Å²) in [7, 11) is 0. The Morgan fingerprint density at radius 1 is 1.30 bits per heavy atom. The van der Waals surface area contributed by atoms with Gasteiger partial charge in [0.1, 0.15) is 0 Å². The quantitative estimate of drug-likeness (QED) is 0.871. The molecule has 0 spiro atoms. The van der Waals surface area contributed by atoms with E-state index < -0.39 is 5.60 Å². The molecule has 3 aliphatic rings. The van der Waals surface area contributed by atoms with Gasteiger partial charge in [0.2, 0.25) is 5.91 Å². The molecule has 1 aromatic heterocycles. The molecule has 2 N–H and O–H groups in total. The van der Waals surface area contributed by atoms with Crippen LogP contribution in [0, 0.1) is 11.3 Å². The lowest BCUT2D eigenvalue weighted by atomic mass is 9.68. The van der Waals surface area contributed by atoms with Gasteiger partial charge in [-0.1, -0.05) is 0 Å². The summed E-state index contributed by atoms with van der Waals surface area (Å²) < 4.78 is 5.78. The van der Waals surface area contributed by atoms with Gasteiger partial charge in [0.15, 0.2) is 0 Å². The highest BCUT2D eigenvalue weighted by Gasteiger charge is 2.60. The molecule has 2 heterocycles. The van der Waals surface area contributed by atoms with Gasteiger partial charge in [-0.3, -0.25) is 9.78 Å². The van der Waals surface area contributed by atoms with Crippen LogP contribution in [0.4, 0.5) is 0 Å². The van der Waals surface area contributed by atoms with Gasteiger partial charge in [-0.15, -0.1) is 0 Å². The minimum absolute atomic E-state index is 0.0542. The molecule has 23 heavy (non-hydrogen) atoms. The Morgan fingerprint density at radius 2 is 2.04 bits per heavy atom. The summed E-state index contributed by atoms with van der Waals surface area (Å²) in [5.74, 6) is -0.0947. The predicted octanol–water partition coefficient (Wildman–Crippen LogP) is 1.97. The molecule has 1 aromatic rings. The molecule has 2 aliphatic carbocycles. The van der Waals surface area contributed by atoms with Gasteiger partial charge < -0.3 is 15.2 Å². The molecule has 1 amide bonds. The molecule has 5 heteroatoms. The summed E-state index contributed by atoms with van der Waals surface area (Å²) >= 11 is 0. The molecule has 2 saturated carbocycles. The Labute approximate surface area is 136 Å². The molecule has 0 bridgehead atoms. The Kier molecular flexibility index (Phi) is 3.65. The fourth-order valence-electron chi connectivity index (χ4n) is 4.13. The number of hydrogen-bond acceptors (Lipinski definition) is 4. The van der Waals surface area contributed by atoms with Gasteiger partial charge in [-0.25, -0.2) is 0 Å². The van der Waals surface area contributed by atoms with Crippen molar-refractivity contribution in [2.24, 2.45) is 11.3 Å². The number of rotatable bonds is 5. The zero-order valence-corrected chi connectivity index (χ0v) is 13.3. The Hall–Kier alpha value is -1.46. The van der Waals surface area contributed by atoms with Crippen LogP contribution in [0.25, 0.3) is 0 Å². The molecule has 2 atom stereocenters. The van der Waals surface area contributed by atoms with E-state index in [1.54, 1.807) is 12.4 Å². The third kappa shape index (κ3) is 2.56. The number of carbonyl (C=O) groups excluding carboxylic acids is 1. The molecule has 5 nitrogen and oxygen atoms in total. The number of nitrogens with zero attached hydrogens (tertiary/aromatic N) is 1. The SMILES string of the molecule is O=C(NCC1(C2(O)CCC2)CC1)[C@@H]1CCO[C@H]1c1ccncc1. The molecule has 0 unspecified atom stereocenters. The lowest BCUT2D eigenvalue weighted by Crippen LogP contribution is -2.51. The normalized spacial score (nSPS) is 30.5. The van der Waals surface area contributed by atoms with Gasteiger partial charge in [0.05, 0.1) is 17.6 Å². The van der Waals surface area contributed by atoms with Crippen LogP contribution < -0.4 is 5.32 Å². The molecule has 1 saturated heterocycles. The van der Waals surface area contributed by atoms with Crippen LogP contribution in [-0.2, 0) is 9.53 Å². The van der Waals surface area contributed by atoms with Crippen LogP contribution in [0.15, 0.2) is 24.5 Å². The van der Waals surface area contributed by atoms with Crippen LogP contribution in [-0.4, -0.2) is 34.8 Å². The molecule has 0 radical (unpaired) electrons. The smallest absolute Gasteiger partial charge is 0.226 e. The zero-order valence-electron chi connectivity index (χ0n) is 13.3. The van der Waals surface area contributed by atoms with Crippen molar-refractivity contribution in [1.29, 1.82) is 0 Å². The van der Waals surface area contributed by atoms with Crippen molar-refractivity contribution in [3.8, 4) is 0 Å². The number of aromatic nitrogens is 1. The zero-order chi connectivity index (χ0) is 15.9. The Bertz CT molecular complexity index is 581. The molecular weight excluding hydrogens is 292 g/mol. The molecule has 1 aliphatic heterocycles. The summed E-state index contributed by atoms with van der Waals surface area (Å²) in [5, 5.41) is 13.7. The van der Waals surface area contributed by atoms with Gasteiger partial charge >= 0.3 is 0 Å². The monoisotopic (exact) mass is 316 g/mol. The van der Waals surface area contributed by atoms with Gasteiger partial charge in [-0.05, 0) is 56.2 Å². The second-order valence-electron chi connectivity index (χ2n) is 7.35. The summed E-state index contributed by atoms with van der Waals surface area (Å²) in [4.78, 5) is 16.7. The van der Waals surface area contributed by atoms with Gasteiger partial charge in [-0.2, -0.15) is 0 Å². The van der Waals surface area contributed by atoms with Crippen LogP contribution in [0.3, 0.4) is 0 Å². The predicted molar refractivity (Wildman–Crippen MR) is 84.5 cm³/mol. The maximum absolute atomic E-state index is 12.6.